The van der Waals surface area contributed by atoms with Crippen LogP contribution >= 0.6 is 0 Å². The highest BCUT2D eigenvalue weighted by molar-refractivity contribution is 5.23. The third-order valence-electron chi connectivity index (χ3n) is 3.50. The summed E-state index contributed by atoms with van der Waals surface area (Å²) in [5, 5.41) is 3.52. The summed E-state index contributed by atoms with van der Waals surface area (Å²) in [6, 6.07) is 9.61. The largest absolute Gasteiger partial charge is 0.312 e. The zero-order valence-corrected chi connectivity index (χ0v) is 13.9. The standard InChI is InChI=1S/C18H32N2/c1-6-10-20(16(4)5)14-18-9-7-8-17(11-18)13-19-12-15(2)3/h7-9,11,15-16,19H,6,10,12-14H2,1-5H3. The molecule has 0 aliphatic rings. The maximum atomic E-state index is 3.52. The molecule has 0 aliphatic carbocycles. The first-order chi connectivity index (χ1) is 9.52. The molecule has 0 fully saturated rings. The molecular formula is C18H32N2. The first-order valence-electron chi connectivity index (χ1n) is 8.05. The number of hydrogen-bond acceptors (Lipinski definition) is 2. The van der Waals surface area contributed by atoms with Crippen molar-refractivity contribution in [2.24, 2.45) is 5.92 Å². The second-order valence-corrected chi connectivity index (χ2v) is 6.41. The highest BCUT2D eigenvalue weighted by atomic mass is 15.1. The van der Waals surface area contributed by atoms with Crippen molar-refractivity contribution in [3.63, 3.8) is 0 Å². The van der Waals surface area contributed by atoms with Gasteiger partial charge in [0.05, 0.1) is 0 Å². The van der Waals surface area contributed by atoms with Crippen LogP contribution in [0.1, 0.15) is 52.2 Å². The van der Waals surface area contributed by atoms with E-state index in [0.29, 0.717) is 12.0 Å². The van der Waals surface area contributed by atoms with Gasteiger partial charge < -0.3 is 5.32 Å². The van der Waals surface area contributed by atoms with Crippen LogP contribution < -0.4 is 5.32 Å². The molecule has 1 N–H and O–H groups in total. The van der Waals surface area contributed by atoms with E-state index in [1.807, 2.05) is 0 Å². The van der Waals surface area contributed by atoms with Crippen LogP contribution in [0, 0.1) is 5.92 Å². The Kier molecular flexibility index (Phi) is 7.86. The fourth-order valence-corrected chi connectivity index (χ4v) is 2.38. The Labute approximate surface area is 125 Å². The van der Waals surface area contributed by atoms with Crippen molar-refractivity contribution in [3.05, 3.63) is 35.4 Å². The summed E-state index contributed by atoms with van der Waals surface area (Å²) in [4.78, 5) is 2.54. The topological polar surface area (TPSA) is 15.3 Å². The lowest BCUT2D eigenvalue weighted by Gasteiger charge is -2.26. The molecule has 114 valence electrons. The Hall–Kier alpha value is -0.860. The van der Waals surface area contributed by atoms with Crippen molar-refractivity contribution in [2.45, 2.75) is 60.2 Å². The molecule has 0 unspecified atom stereocenters. The molecule has 0 bridgehead atoms. The SMILES string of the molecule is CCCN(Cc1cccc(CNCC(C)C)c1)C(C)C. The third-order valence-corrected chi connectivity index (χ3v) is 3.50. The van der Waals surface area contributed by atoms with Crippen LogP contribution in [0.3, 0.4) is 0 Å². The molecular weight excluding hydrogens is 244 g/mol. The van der Waals surface area contributed by atoms with Crippen LogP contribution in [0.4, 0.5) is 0 Å². The van der Waals surface area contributed by atoms with Gasteiger partial charge in [-0.05, 0) is 50.4 Å². The van der Waals surface area contributed by atoms with E-state index in [4.69, 9.17) is 0 Å². The normalized spacial score (nSPS) is 11.8. The average Bonchev–Trinajstić information content (AvgIpc) is 2.38. The minimum Gasteiger partial charge on any atom is -0.312 e. The smallest absolute Gasteiger partial charge is 0.0236 e. The predicted molar refractivity (Wildman–Crippen MR) is 88.8 cm³/mol. The van der Waals surface area contributed by atoms with Crippen molar-refractivity contribution < 1.29 is 0 Å². The molecule has 0 heterocycles. The first-order valence-corrected chi connectivity index (χ1v) is 8.05. The van der Waals surface area contributed by atoms with Crippen LogP contribution in [0.5, 0.6) is 0 Å². The minimum absolute atomic E-state index is 0.609. The van der Waals surface area contributed by atoms with Crippen LogP contribution in [0.15, 0.2) is 24.3 Å². The number of nitrogens with one attached hydrogen (secondary N) is 1. The quantitative estimate of drug-likeness (QED) is 0.732. The van der Waals surface area contributed by atoms with Crippen LogP contribution in [0.2, 0.25) is 0 Å². The monoisotopic (exact) mass is 276 g/mol. The second-order valence-electron chi connectivity index (χ2n) is 6.41. The van der Waals surface area contributed by atoms with E-state index in [-0.39, 0.29) is 0 Å². The van der Waals surface area contributed by atoms with E-state index in [9.17, 15) is 0 Å². The highest BCUT2D eigenvalue weighted by Gasteiger charge is 2.09. The van der Waals surface area contributed by atoms with Gasteiger partial charge in [-0.1, -0.05) is 45.0 Å². The average molecular weight is 276 g/mol. The number of nitrogens with zero attached hydrogens (tertiary/aromatic N) is 1. The number of benzene rings is 1. The molecule has 2 heteroatoms. The van der Waals surface area contributed by atoms with Crippen molar-refractivity contribution in [3.8, 4) is 0 Å². The molecule has 2 nitrogen and oxygen atoms in total. The number of rotatable bonds is 9. The van der Waals surface area contributed by atoms with E-state index >= 15 is 0 Å². The summed E-state index contributed by atoms with van der Waals surface area (Å²) in [7, 11) is 0. The van der Waals surface area contributed by atoms with Gasteiger partial charge in [-0.3, -0.25) is 4.90 Å². The van der Waals surface area contributed by atoms with Gasteiger partial charge in [-0.15, -0.1) is 0 Å². The van der Waals surface area contributed by atoms with E-state index < -0.39 is 0 Å². The molecule has 0 saturated carbocycles. The summed E-state index contributed by atoms with van der Waals surface area (Å²) in [6.45, 7) is 15.6. The van der Waals surface area contributed by atoms with Crippen molar-refractivity contribution >= 4 is 0 Å². The van der Waals surface area contributed by atoms with Gasteiger partial charge in [0.1, 0.15) is 0 Å². The Morgan fingerprint density at radius 2 is 1.80 bits per heavy atom. The van der Waals surface area contributed by atoms with Crippen molar-refractivity contribution in [1.82, 2.24) is 10.2 Å². The molecule has 0 saturated heterocycles. The molecule has 0 spiro atoms. The van der Waals surface area contributed by atoms with E-state index in [0.717, 1.165) is 19.6 Å². The summed E-state index contributed by atoms with van der Waals surface area (Å²) in [6.07, 6.45) is 1.22. The Morgan fingerprint density at radius 1 is 1.10 bits per heavy atom. The summed E-state index contributed by atoms with van der Waals surface area (Å²) >= 11 is 0. The molecule has 1 rings (SSSR count). The zero-order valence-electron chi connectivity index (χ0n) is 13.9. The maximum absolute atomic E-state index is 3.52. The molecule has 0 radical (unpaired) electrons. The highest BCUT2D eigenvalue weighted by Crippen LogP contribution is 2.11. The van der Waals surface area contributed by atoms with Crippen LogP contribution in [-0.2, 0) is 13.1 Å². The Morgan fingerprint density at radius 3 is 2.40 bits per heavy atom. The van der Waals surface area contributed by atoms with Gasteiger partial charge in [0.15, 0.2) is 0 Å². The number of hydrogen-bond donors (Lipinski definition) is 1. The van der Waals surface area contributed by atoms with E-state index in [1.54, 1.807) is 0 Å². The third kappa shape index (κ3) is 6.53. The Bertz CT molecular complexity index is 371. The zero-order chi connectivity index (χ0) is 15.0. The summed E-state index contributed by atoms with van der Waals surface area (Å²) in [5.74, 6) is 0.708. The van der Waals surface area contributed by atoms with Crippen LogP contribution in [-0.4, -0.2) is 24.0 Å². The van der Waals surface area contributed by atoms with Crippen molar-refractivity contribution in [2.75, 3.05) is 13.1 Å². The lowest BCUT2D eigenvalue weighted by molar-refractivity contribution is 0.213. The molecule has 0 atom stereocenters. The fraction of sp³-hybridized carbons (Fsp3) is 0.667. The van der Waals surface area contributed by atoms with E-state index in [1.165, 1.54) is 24.1 Å². The lowest BCUT2D eigenvalue weighted by atomic mass is 10.1. The Balaban J connectivity index is 2.57. The fourth-order valence-electron chi connectivity index (χ4n) is 2.38. The van der Waals surface area contributed by atoms with Gasteiger partial charge in [0.2, 0.25) is 0 Å². The predicted octanol–water partition coefficient (Wildman–Crippen LogP) is 4.05. The summed E-state index contributed by atoms with van der Waals surface area (Å²) < 4.78 is 0. The molecule has 20 heavy (non-hydrogen) atoms. The minimum atomic E-state index is 0.609. The van der Waals surface area contributed by atoms with Gasteiger partial charge in [-0.25, -0.2) is 0 Å². The molecule has 0 amide bonds. The van der Waals surface area contributed by atoms with Gasteiger partial charge in [-0.2, -0.15) is 0 Å². The van der Waals surface area contributed by atoms with Gasteiger partial charge in [0.25, 0.3) is 0 Å². The molecule has 0 aliphatic heterocycles. The molecule has 1 aromatic rings. The first kappa shape index (κ1) is 17.2. The molecule has 1 aromatic carbocycles. The molecule has 0 aromatic heterocycles. The van der Waals surface area contributed by atoms with E-state index in [2.05, 4.69) is 69.1 Å². The lowest BCUT2D eigenvalue weighted by Crippen LogP contribution is -2.31. The second kappa shape index (κ2) is 9.15. The van der Waals surface area contributed by atoms with Gasteiger partial charge >= 0.3 is 0 Å². The van der Waals surface area contributed by atoms with Crippen molar-refractivity contribution in [1.29, 1.82) is 0 Å². The summed E-state index contributed by atoms with van der Waals surface area (Å²) in [5.41, 5.74) is 2.82. The van der Waals surface area contributed by atoms with Gasteiger partial charge in [0, 0.05) is 19.1 Å². The van der Waals surface area contributed by atoms with Crippen LogP contribution in [0.25, 0.3) is 0 Å². The maximum Gasteiger partial charge on any atom is 0.0236 e.